The minimum Gasteiger partial charge on any atom is -0.458 e. The molecular weight excluding hydrogens is 945 g/mol. The molecule has 0 aromatic rings. The lowest BCUT2D eigenvalue weighted by atomic mass is 9.43. The fraction of sp³-hybridized carbons (Fsp3) is 0.938. The Hall–Kier alpha value is -1.63. The third-order valence-electron chi connectivity index (χ3n) is 18.6. The van der Waals surface area contributed by atoms with Crippen molar-refractivity contribution in [1.29, 1.82) is 0 Å². The predicted molar refractivity (Wildman–Crippen MR) is 236 cm³/mol. The number of aliphatic hydroxyl groups excluding tert-OH is 11. The van der Waals surface area contributed by atoms with Gasteiger partial charge in [-0.25, -0.2) is 4.79 Å². The lowest BCUT2D eigenvalue weighted by Crippen LogP contribution is -2.65. The molecule has 5 heterocycles. The van der Waals surface area contributed by atoms with Crippen molar-refractivity contribution in [3.63, 3.8) is 0 Å². The number of methoxy groups -OCH3 is 1. The maximum Gasteiger partial charge on any atom is 0.331 e. The van der Waals surface area contributed by atoms with Gasteiger partial charge in [-0.15, -0.1) is 0 Å². The van der Waals surface area contributed by atoms with E-state index >= 15 is 0 Å². The molecule has 0 spiro atoms. The average Bonchev–Trinajstić information content (AvgIpc) is 3.90. The van der Waals surface area contributed by atoms with Crippen LogP contribution in [0.4, 0.5) is 0 Å². The highest BCUT2D eigenvalue weighted by atomic mass is 16.8. The summed E-state index contributed by atoms with van der Waals surface area (Å²) in [5.74, 6) is 0.603. The average molecular weight is 1020 g/mol. The molecule has 71 heavy (non-hydrogen) atoms. The van der Waals surface area contributed by atoms with E-state index in [1.54, 1.807) is 13.0 Å². The van der Waals surface area contributed by atoms with Gasteiger partial charge in [0.15, 0.2) is 25.2 Å². The summed E-state index contributed by atoms with van der Waals surface area (Å²) >= 11 is 0. The van der Waals surface area contributed by atoms with Gasteiger partial charge in [0.1, 0.15) is 98.2 Å². The molecule has 4 aliphatic carbocycles. The number of carbonyl (C=O) groups excluding carboxylic acids is 1. The topological polar surface area (TPSA) is 352 Å². The highest BCUT2D eigenvalue weighted by Gasteiger charge is 2.68. The van der Waals surface area contributed by atoms with Gasteiger partial charge in [0.2, 0.25) is 0 Å². The zero-order valence-corrected chi connectivity index (χ0v) is 40.6. The summed E-state index contributed by atoms with van der Waals surface area (Å²) in [6.45, 7) is 4.58. The van der Waals surface area contributed by atoms with Crippen LogP contribution >= 0.6 is 0 Å². The minimum atomic E-state index is -1.87. The maximum atomic E-state index is 12.6. The second-order valence-electron chi connectivity index (χ2n) is 22.2. The van der Waals surface area contributed by atoms with Crippen molar-refractivity contribution in [3.05, 3.63) is 11.6 Å². The summed E-state index contributed by atoms with van der Waals surface area (Å²) in [5.41, 5.74) is -0.182. The number of cyclic esters (lactones) is 1. The molecule has 406 valence electrons. The van der Waals surface area contributed by atoms with Crippen molar-refractivity contribution in [1.82, 2.24) is 0 Å². The summed E-state index contributed by atoms with van der Waals surface area (Å²) < 4.78 is 58.1. The van der Waals surface area contributed by atoms with E-state index < -0.39 is 148 Å². The van der Waals surface area contributed by atoms with Crippen LogP contribution in [-0.4, -0.2) is 235 Å². The SMILES string of the molecule is COC1C(O)C(OC2CCC3(C)C(CCC4C3CCC3(C)C(C5=CC(=O)OC5)CCC43O)C2)OC(C)C1OC1OC(COC2OC(COC3OC(CO)C(O)C(O)C3O)C(O)C(O)C2O)C(O)C(O)C1O. The van der Waals surface area contributed by atoms with Crippen LogP contribution in [-0.2, 0) is 52.2 Å². The molecule has 0 aromatic heterocycles. The van der Waals surface area contributed by atoms with Crippen LogP contribution in [0.3, 0.4) is 0 Å². The lowest BCUT2D eigenvalue weighted by Gasteiger charge is -2.64. The largest absolute Gasteiger partial charge is 0.458 e. The Kier molecular flexibility index (Phi) is 16.1. The van der Waals surface area contributed by atoms with Crippen LogP contribution in [0.1, 0.15) is 78.6 Å². The molecule has 23 nitrogen and oxygen atoms in total. The van der Waals surface area contributed by atoms with Crippen LogP contribution in [0.25, 0.3) is 0 Å². The maximum absolute atomic E-state index is 12.6. The molecule has 28 unspecified atom stereocenters. The lowest BCUT2D eigenvalue weighted by molar-refractivity contribution is -0.368. The van der Waals surface area contributed by atoms with Gasteiger partial charge in [-0.1, -0.05) is 13.8 Å². The van der Waals surface area contributed by atoms with Crippen molar-refractivity contribution in [2.75, 3.05) is 33.5 Å². The molecule has 9 rings (SSSR count). The number of aliphatic hydroxyl groups is 12. The summed E-state index contributed by atoms with van der Waals surface area (Å²) in [6, 6.07) is 0. The molecule has 8 fully saturated rings. The van der Waals surface area contributed by atoms with Crippen LogP contribution < -0.4 is 0 Å². The number of rotatable bonds is 13. The van der Waals surface area contributed by atoms with Gasteiger partial charge in [0.05, 0.1) is 37.6 Å². The Labute approximate surface area is 411 Å². The highest BCUT2D eigenvalue weighted by Crippen LogP contribution is 2.70. The molecule has 0 radical (unpaired) electrons. The summed E-state index contributed by atoms with van der Waals surface area (Å²) in [7, 11) is 1.37. The molecular formula is C48H76O23. The van der Waals surface area contributed by atoms with Crippen LogP contribution in [0.2, 0.25) is 0 Å². The number of esters is 1. The first kappa shape index (κ1) is 54.2. The Morgan fingerprint density at radius 3 is 1.79 bits per heavy atom. The van der Waals surface area contributed by atoms with Gasteiger partial charge >= 0.3 is 5.97 Å². The number of fused-ring (bicyclic) bond motifs is 5. The molecule has 23 heteroatoms. The van der Waals surface area contributed by atoms with Crippen LogP contribution in [0.15, 0.2) is 11.6 Å². The van der Waals surface area contributed by atoms with Gasteiger partial charge in [-0.3, -0.25) is 0 Å². The standard InChI is InChI=1S/C48H76O23/c1-19-40(71-44-38(59)35(56)32(53)28(70-44)18-65-43-37(58)34(55)31(52)27(69-43)17-64-42-36(57)33(54)30(51)26(15-49)68-42)41(62-4)39(60)45(66-19)67-22-7-10-46(2)21(14-22)5-6-25-24(46)8-11-47(3)23(9-12-48(25,47)61)20-13-29(50)63-16-20/h13,19,21-28,30-45,49,51-61H,5-12,14-18H2,1-4H3. The van der Waals surface area contributed by atoms with E-state index in [2.05, 4.69) is 13.8 Å². The molecule has 0 bridgehead atoms. The number of hydrogen-bond acceptors (Lipinski definition) is 23. The predicted octanol–water partition coefficient (Wildman–Crippen LogP) is -3.42. The van der Waals surface area contributed by atoms with Crippen LogP contribution in [0, 0.1) is 34.5 Å². The van der Waals surface area contributed by atoms with Gasteiger partial charge in [0, 0.05) is 18.6 Å². The first-order valence-corrected chi connectivity index (χ1v) is 25.4. The smallest absolute Gasteiger partial charge is 0.331 e. The summed E-state index contributed by atoms with van der Waals surface area (Å²) in [4.78, 5) is 12.0. The monoisotopic (exact) mass is 1020 g/mol. The number of ether oxygens (including phenoxy) is 10. The van der Waals surface area contributed by atoms with E-state index in [-0.39, 0.29) is 34.7 Å². The van der Waals surface area contributed by atoms with Crippen molar-refractivity contribution in [2.24, 2.45) is 34.5 Å². The van der Waals surface area contributed by atoms with Gasteiger partial charge in [-0.2, -0.15) is 0 Å². The zero-order chi connectivity index (χ0) is 51.1. The zero-order valence-electron chi connectivity index (χ0n) is 40.6. The fourth-order valence-electron chi connectivity index (χ4n) is 14.3. The van der Waals surface area contributed by atoms with E-state index in [1.807, 2.05) is 0 Å². The van der Waals surface area contributed by atoms with Gasteiger partial charge in [0.25, 0.3) is 0 Å². The van der Waals surface area contributed by atoms with E-state index in [4.69, 9.17) is 47.4 Å². The van der Waals surface area contributed by atoms with Crippen molar-refractivity contribution >= 4 is 5.97 Å². The highest BCUT2D eigenvalue weighted by molar-refractivity contribution is 5.85. The molecule has 28 atom stereocenters. The van der Waals surface area contributed by atoms with E-state index in [0.717, 1.165) is 50.5 Å². The first-order valence-electron chi connectivity index (χ1n) is 25.4. The molecule has 4 saturated carbocycles. The van der Waals surface area contributed by atoms with E-state index in [9.17, 15) is 66.1 Å². The molecule has 12 N–H and O–H groups in total. The minimum absolute atomic E-state index is 0.0245. The van der Waals surface area contributed by atoms with Gasteiger partial charge < -0.3 is 109 Å². The fourth-order valence-corrected chi connectivity index (χ4v) is 14.3. The third kappa shape index (κ3) is 9.57. The second-order valence-corrected chi connectivity index (χ2v) is 22.2. The Morgan fingerprint density at radius 2 is 1.20 bits per heavy atom. The molecule has 0 amide bonds. The molecule has 9 aliphatic rings. The molecule has 0 aromatic carbocycles. The van der Waals surface area contributed by atoms with Gasteiger partial charge in [-0.05, 0) is 99.4 Å². The number of hydrogen-bond donors (Lipinski definition) is 12. The second kappa shape index (κ2) is 21.1. The van der Waals surface area contributed by atoms with Crippen LogP contribution in [0.5, 0.6) is 0 Å². The summed E-state index contributed by atoms with van der Waals surface area (Å²) in [5, 5.41) is 129. The Morgan fingerprint density at radius 1 is 0.620 bits per heavy atom. The Bertz CT molecular complexity index is 1880. The quantitative estimate of drug-likeness (QED) is 0.0631. The van der Waals surface area contributed by atoms with Crippen molar-refractivity contribution in [2.45, 2.75) is 213 Å². The molecule has 5 aliphatic heterocycles. The number of carbonyl (C=O) groups is 1. The van der Waals surface area contributed by atoms with E-state index in [0.29, 0.717) is 31.3 Å². The van der Waals surface area contributed by atoms with Crippen molar-refractivity contribution in [3.8, 4) is 0 Å². The normalized spacial score (nSPS) is 54.4. The molecule has 4 saturated heterocycles. The third-order valence-corrected chi connectivity index (χ3v) is 18.6. The first-order chi connectivity index (χ1) is 33.6. The summed E-state index contributed by atoms with van der Waals surface area (Å²) in [6.07, 6.45) is -21.9. The Balaban J connectivity index is 0.785. The van der Waals surface area contributed by atoms with Crippen molar-refractivity contribution < 1.29 is 113 Å². The van der Waals surface area contributed by atoms with E-state index in [1.165, 1.54) is 7.11 Å².